The average Bonchev–Trinajstić information content (AvgIpc) is 3.22. The van der Waals surface area contributed by atoms with Crippen LogP contribution in [0.1, 0.15) is 24.5 Å². The molecule has 0 amide bonds. The maximum Gasteiger partial charge on any atom is 0.257 e. The van der Waals surface area contributed by atoms with Gasteiger partial charge in [-0.1, -0.05) is 10.3 Å². The summed E-state index contributed by atoms with van der Waals surface area (Å²) >= 11 is 1.64. The molecule has 0 bridgehead atoms. The Morgan fingerprint density at radius 1 is 1.12 bits per heavy atom. The summed E-state index contributed by atoms with van der Waals surface area (Å²) in [6, 6.07) is 8.29. The molecule has 0 radical (unpaired) electrons. The van der Waals surface area contributed by atoms with Crippen LogP contribution in [-0.2, 0) is 12.2 Å². The van der Waals surface area contributed by atoms with Crippen molar-refractivity contribution in [1.29, 1.82) is 0 Å². The molecule has 8 heteroatoms. The van der Waals surface area contributed by atoms with Crippen molar-refractivity contribution in [1.82, 2.24) is 25.6 Å². The van der Waals surface area contributed by atoms with E-state index in [-0.39, 0.29) is 0 Å². The van der Waals surface area contributed by atoms with Gasteiger partial charge in [0.25, 0.3) is 5.89 Å². The predicted octanol–water partition coefficient (Wildman–Crippen LogP) is 2.87. The molecular weight excluding hydrogens is 326 g/mol. The first-order valence-corrected chi connectivity index (χ1v) is 8.65. The van der Waals surface area contributed by atoms with Crippen molar-refractivity contribution in [3.05, 3.63) is 41.8 Å². The minimum absolute atomic E-state index is 0.308. The molecule has 0 fully saturated rings. The van der Waals surface area contributed by atoms with E-state index in [1.165, 1.54) is 0 Å². The van der Waals surface area contributed by atoms with Gasteiger partial charge in [0, 0.05) is 22.9 Å². The van der Waals surface area contributed by atoms with Gasteiger partial charge in [0.2, 0.25) is 5.89 Å². The maximum absolute atomic E-state index is 5.34. The second kappa shape index (κ2) is 7.59. The van der Waals surface area contributed by atoms with Crippen molar-refractivity contribution < 1.29 is 9.05 Å². The number of hydrogen-bond donors (Lipinski definition) is 1. The number of benzene rings is 1. The summed E-state index contributed by atoms with van der Waals surface area (Å²) in [5.41, 5.74) is 0.906. The van der Waals surface area contributed by atoms with Gasteiger partial charge in [0.05, 0.1) is 5.75 Å². The van der Waals surface area contributed by atoms with Crippen LogP contribution < -0.4 is 5.32 Å². The standard InChI is InChI=1S/C16H19N5O2S/c1-10(17-3)8-14-19-16(23-21-14)12-4-6-13(7-5-12)24-9-15-18-11(2)20-22-15/h4-7,10,17H,8-9H2,1-3H3. The molecule has 3 rings (SSSR count). The number of hydrogen-bond acceptors (Lipinski definition) is 8. The van der Waals surface area contributed by atoms with E-state index in [1.54, 1.807) is 11.8 Å². The molecule has 2 heterocycles. The van der Waals surface area contributed by atoms with Gasteiger partial charge >= 0.3 is 0 Å². The number of aromatic nitrogens is 4. The Hall–Kier alpha value is -2.19. The summed E-state index contributed by atoms with van der Waals surface area (Å²) in [6.45, 7) is 3.88. The van der Waals surface area contributed by atoms with Crippen LogP contribution >= 0.6 is 11.8 Å². The molecular formula is C16H19N5O2S. The second-order valence-electron chi connectivity index (χ2n) is 5.46. The number of nitrogens with zero attached hydrogens (tertiary/aromatic N) is 4. The number of likely N-dealkylation sites (N-methyl/N-ethyl adjacent to an activating group) is 1. The Balaban J connectivity index is 1.61. The van der Waals surface area contributed by atoms with E-state index in [2.05, 4.69) is 32.5 Å². The lowest BCUT2D eigenvalue weighted by Crippen LogP contribution is -2.24. The molecule has 0 aliphatic rings. The molecule has 0 saturated carbocycles. The van der Waals surface area contributed by atoms with E-state index >= 15 is 0 Å². The number of nitrogens with one attached hydrogen (secondary N) is 1. The average molecular weight is 345 g/mol. The van der Waals surface area contributed by atoms with E-state index < -0.39 is 0 Å². The molecule has 0 spiro atoms. The van der Waals surface area contributed by atoms with Crippen LogP contribution in [0.25, 0.3) is 11.5 Å². The Bertz CT molecular complexity index is 784. The van der Waals surface area contributed by atoms with Gasteiger partial charge in [0.1, 0.15) is 0 Å². The summed E-state index contributed by atoms with van der Waals surface area (Å²) in [4.78, 5) is 9.73. The number of thioether (sulfide) groups is 1. The van der Waals surface area contributed by atoms with Crippen LogP contribution in [0.3, 0.4) is 0 Å². The van der Waals surface area contributed by atoms with Crippen molar-refractivity contribution in [3.63, 3.8) is 0 Å². The Labute approximate surface area is 144 Å². The highest BCUT2D eigenvalue weighted by Crippen LogP contribution is 2.25. The topological polar surface area (TPSA) is 89.9 Å². The van der Waals surface area contributed by atoms with Gasteiger partial charge < -0.3 is 14.4 Å². The Morgan fingerprint density at radius 3 is 2.58 bits per heavy atom. The first-order chi connectivity index (χ1) is 11.6. The summed E-state index contributed by atoms with van der Waals surface area (Å²) in [6.07, 6.45) is 0.734. The van der Waals surface area contributed by atoms with Crippen LogP contribution in [0.5, 0.6) is 0 Å². The van der Waals surface area contributed by atoms with Gasteiger partial charge in [-0.2, -0.15) is 9.97 Å². The summed E-state index contributed by atoms with van der Waals surface area (Å²) in [7, 11) is 1.91. The third-order valence-electron chi connectivity index (χ3n) is 3.48. The van der Waals surface area contributed by atoms with Crippen molar-refractivity contribution in [2.24, 2.45) is 0 Å². The largest absolute Gasteiger partial charge is 0.338 e. The smallest absolute Gasteiger partial charge is 0.257 e. The fourth-order valence-electron chi connectivity index (χ4n) is 2.07. The molecule has 3 aromatic rings. The lowest BCUT2D eigenvalue weighted by Gasteiger charge is -2.04. The second-order valence-corrected chi connectivity index (χ2v) is 6.51. The molecule has 1 N–H and O–H groups in total. The molecule has 126 valence electrons. The van der Waals surface area contributed by atoms with Crippen molar-refractivity contribution >= 4 is 11.8 Å². The Kier molecular flexibility index (Phi) is 5.27. The monoisotopic (exact) mass is 345 g/mol. The number of aryl methyl sites for hydroxylation is 1. The van der Waals surface area contributed by atoms with E-state index in [0.29, 0.717) is 35.2 Å². The summed E-state index contributed by atoms with van der Waals surface area (Å²) in [5.74, 6) is 3.17. The first-order valence-electron chi connectivity index (χ1n) is 7.66. The highest BCUT2D eigenvalue weighted by atomic mass is 32.2. The molecule has 0 aliphatic carbocycles. The molecule has 1 atom stereocenters. The number of rotatable bonds is 7. The molecule has 24 heavy (non-hydrogen) atoms. The van der Waals surface area contributed by atoms with E-state index in [4.69, 9.17) is 9.05 Å². The SMILES string of the molecule is CNC(C)Cc1noc(-c2ccc(SCc3nc(C)no3)cc2)n1. The fraction of sp³-hybridized carbons (Fsp3) is 0.375. The normalized spacial score (nSPS) is 12.5. The van der Waals surface area contributed by atoms with Crippen LogP contribution in [-0.4, -0.2) is 33.4 Å². The van der Waals surface area contributed by atoms with Gasteiger partial charge in [0.15, 0.2) is 11.6 Å². The summed E-state index contributed by atoms with van der Waals surface area (Å²) in [5, 5.41) is 11.0. The third kappa shape index (κ3) is 4.21. The Morgan fingerprint density at radius 2 is 1.92 bits per heavy atom. The lowest BCUT2D eigenvalue weighted by atomic mass is 10.2. The predicted molar refractivity (Wildman–Crippen MR) is 90.6 cm³/mol. The lowest BCUT2D eigenvalue weighted by molar-refractivity contribution is 0.387. The van der Waals surface area contributed by atoms with Crippen molar-refractivity contribution in [3.8, 4) is 11.5 Å². The molecule has 1 unspecified atom stereocenters. The molecule has 0 saturated heterocycles. The van der Waals surface area contributed by atoms with Crippen LogP contribution in [0, 0.1) is 6.92 Å². The van der Waals surface area contributed by atoms with Gasteiger partial charge in [-0.05, 0) is 45.2 Å². The quantitative estimate of drug-likeness (QED) is 0.654. The minimum Gasteiger partial charge on any atom is -0.338 e. The zero-order valence-electron chi connectivity index (χ0n) is 13.8. The van der Waals surface area contributed by atoms with Crippen LogP contribution in [0.15, 0.2) is 38.2 Å². The van der Waals surface area contributed by atoms with Crippen LogP contribution in [0.2, 0.25) is 0 Å². The van der Waals surface area contributed by atoms with E-state index in [9.17, 15) is 0 Å². The zero-order valence-corrected chi connectivity index (χ0v) is 14.6. The van der Waals surface area contributed by atoms with Gasteiger partial charge in [-0.15, -0.1) is 11.8 Å². The maximum atomic E-state index is 5.34. The molecule has 0 aliphatic heterocycles. The molecule has 1 aromatic carbocycles. The third-order valence-corrected chi connectivity index (χ3v) is 4.48. The highest BCUT2D eigenvalue weighted by molar-refractivity contribution is 7.98. The zero-order chi connectivity index (χ0) is 16.9. The molecule has 2 aromatic heterocycles. The van der Waals surface area contributed by atoms with Crippen LogP contribution in [0.4, 0.5) is 0 Å². The fourth-order valence-corrected chi connectivity index (χ4v) is 2.80. The van der Waals surface area contributed by atoms with E-state index in [0.717, 1.165) is 16.9 Å². The summed E-state index contributed by atoms with van der Waals surface area (Å²) < 4.78 is 10.4. The highest BCUT2D eigenvalue weighted by Gasteiger charge is 2.11. The van der Waals surface area contributed by atoms with Crippen molar-refractivity contribution in [2.75, 3.05) is 7.05 Å². The van der Waals surface area contributed by atoms with Gasteiger partial charge in [-0.3, -0.25) is 0 Å². The first kappa shape index (κ1) is 16.7. The minimum atomic E-state index is 0.308. The molecule has 7 nitrogen and oxygen atoms in total. The van der Waals surface area contributed by atoms with Crippen molar-refractivity contribution in [2.45, 2.75) is 37.0 Å². The van der Waals surface area contributed by atoms with E-state index in [1.807, 2.05) is 38.2 Å². The van der Waals surface area contributed by atoms with Gasteiger partial charge in [-0.25, -0.2) is 0 Å².